The highest BCUT2D eigenvalue weighted by Crippen LogP contribution is 2.21. The van der Waals surface area contributed by atoms with Crippen molar-refractivity contribution in [3.8, 4) is 0 Å². The van der Waals surface area contributed by atoms with Crippen LogP contribution < -0.4 is 0 Å². The molecule has 0 aliphatic carbocycles. The molecular weight excluding hydrogens is 388 g/mol. The Morgan fingerprint density at radius 1 is 1.24 bits per heavy atom. The maximum atomic E-state index is 13.0. The van der Waals surface area contributed by atoms with Crippen LogP contribution in [0, 0.1) is 5.92 Å². The van der Waals surface area contributed by atoms with Gasteiger partial charge in [0, 0.05) is 32.8 Å². The van der Waals surface area contributed by atoms with E-state index in [9.17, 15) is 8.42 Å². The minimum Gasteiger partial charge on any atom is -0.377 e. The van der Waals surface area contributed by atoms with Crippen LogP contribution in [0.1, 0.15) is 51.6 Å². The lowest BCUT2D eigenvalue weighted by Crippen LogP contribution is -2.36. The normalized spacial score (nSPS) is 21.5. The van der Waals surface area contributed by atoms with E-state index < -0.39 is 9.84 Å². The highest BCUT2D eigenvalue weighted by molar-refractivity contribution is 7.91. The molecule has 1 atom stereocenters. The zero-order chi connectivity index (χ0) is 20.9. The first-order chi connectivity index (χ1) is 13.8. The molecule has 0 bridgehead atoms. The van der Waals surface area contributed by atoms with Crippen molar-refractivity contribution in [2.75, 3.05) is 45.6 Å². The highest BCUT2D eigenvalue weighted by Gasteiger charge is 2.29. The number of rotatable bonds is 10. The molecule has 0 amide bonds. The Balaban J connectivity index is 1.67. The minimum atomic E-state index is -3.46. The van der Waals surface area contributed by atoms with Gasteiger partial charge in [0.15, 0.2) is 0 Å². The number of ether oxygens (including phenoxy) is 1. The Morgan fingerprint density at radius 3 is 2.66 bits per heavy atom. The number of likely N-dealkylation sites (tertiary alicyclic amines) is 1. The summed E-state index contributed by atoms with van der Waals surface area (Å²) in [5.41, 5.74) is 0.978. The molecule has 2 aliphatic rings. The van der Waals surface area contributed by atoms with E-state index in [1.165, 1.54) is 32.4 Å². The number of aromatic nitrogens is 2. The van der Waals surface area contributed by atoms with E-state index in [0.717, 1.165) is 31.6 Å². The standard InChI is InChI=1S/C21H38N4O3S/c1-18(2)15-25-19(16-23(3)11-12-24-9-5-4-6-10-24)14-22-21(25)29(26,27)17-20-8-7-13-28-20/h14,18,20H,4-13,15-17H2,1-3H3. The zero-order valence-corrected chi connectivity index (χ0v) is 19.2. The summed E-state index contributed by atoms with van der Waals surface area (Å²) >= 11 is 0. The van der Waals surface area contributed by atoms with E-state index in [1.54, 1.807) is 6.20 Å². The molecule has 8 heteroatoms. The molecule has 2 saturated heterocycles. The van der Waals surface area contributed by atoms with Crippen molar-refractivity contribution < 1.29 is 13.2 Å². The van der Waals surface area contributed by atoms with E-state index >= 15 is 0 Å². The molecule has 0 saturated carbocycles. The predicted molar refractivity (Wildman–Crippen MR) is 115 cm³/mol. The lowest BCUT2D eigenvalue weighted by Gasteiger charge is -2.28. The molecular formula is C21H38N4O3S. The van der Waals surface area contributed by atoms with Crippen molar-refractivity contribution in [1.29, 1.82) is 0 Å². The van der Waals surface area contributed by atoms with Crippen LogP contribution in [0.25, 0.3) is 0 Å². The average Bonchev–Trinajstić information content (AvgIpc) is 3.31. The van der Waals surface area contributed by atoms with Gasteiger partial charge >= 0.3 is 0 Å². The van der Waals surface area contributed by atoms with Gasteiger partial charge in [-0.15, -0.1) is 0 Å². The Kier molecular flexibility index (Phi) is 8.13. The van der Waals surface area contributed by atoms with Gasteiger partial charge in [-0.25, -0.2) is 13.4 Å². The van der Waals surface area contributed by atoms with E-state index in [0.29, 0.717) is 25.6 Å². The number of sulfone groups is 1. The van der Waals surface area contributed by atoms with Gasteiger partial charge in [0.1, 0.15) is 0 Å². The summed E-state index contributed by atoms with van der Waals surface area (Å²) in [6.45, 7) is 10.7. The van der Waals surface area contributed by atoms with Gasteiger partial charge in [-0.05, 0) is 51.7 Å². The van der Waals surface area contributed by atoms with Crippen molar-refractivity contribution >= 4 is 9.84 Å². The van der Waals surface area contributed by atoms with Gasteiger partial charge in [-0.1, -0.05) is 20.3 Å². The Bertz CT molecular complexity index is 735. The summed E-state index contributed by atoms with van der Waals surface area (Å²) in [5, 5.41) is 0.209. The van der Waals surface area contributed by atoms with Crippen LogP contribution in [-0.2, 0) is 27.7 Å². The smallest absolute Gasteiger partial charge is 0.227 e. The molecule has 0 spiro atoms. The fourth-order valence-corrected chi connectivity index (χ4v) is 5.91. The second-order valence-corrected chi connectivity index (χ2v) is 11.0. The van der Waals surface area contributed by atoms with Crippen LogP contribution in [0.2, 0.25) is 0 Å². The molecule has 2 aliphatic heterocycles. The van der Waals surface area contributed by atoms with E-state index in [-0.39, 0.29) is 17.0 Å². The number of hydrogen-bond acceptors (Lipinski definition) is 6. The monoisotopic (exact) mass is 426 g/mol. The molecule has 2 fully saturated rings. The van der Waals surface area contributed by atoms with Crippen molar-refractivity contribution in [3.63, 3.8) is 0 Å². The van der Waals surface area contributed by atoms with Crippen LogP contribution >= 0.6 is 0 Å². The van der Waals surface area contributed by atoms with Gasteiger partial charge in [0.2, 0.25) is 15.0 Å². The van der Waals surface area contributed by atoms with Gasteiger partial charge in [0.25, 0.3) is 0 Å². The molecule has 0 N–H and O–H groups in total. The maximum Gasteiger partial charge on any atom is 0.227 e. The highest BCUT2D eigenvalue weighted by atomic mass is 32.2. The molecule has 1 aromatic rings. The Labute approximate surface area is 176 Å². The topological polar surface area (TPSA) is 67.7 Å². The molecule has 0 aromatic carbocycles. The van der Waals surface area contributed by atoms with Crippen molar-refractivity contribution in [2.45, 2.75) is 70.3 Å². The number of hydrogen-bond donors (Lipinski definition) is 0. The fourth-order valence-electron chi connectivity index (χ4n) is 4.27. The van der Waals surface area contributed by atoms with E-state index in [2.05, 4.69) is 35.7 Å². The number of likely N-dealkylation sites (N-methyl/N-ethyl adjacent to an activating group) is 1. The number of nitrogens with zero attached hydrogens (tertiary/aromatic N) is 4. The second kappa shape index (κ2) is 10.4. The first kappa shape index (κ1) is 22.7. The summed E-state index contributed by atoms with van der Waals surface area (Å²) in [5.74, 6) is 0.380. The third-order valence-corrected chi connectivity index (χ3v) is 7.53. The molecule has 1 unspecified atom stereocenters. The molecule has 3 rings (SSSR count). The molecule has 0 radical (unpaired) electrons. The summed E-state index contributed by atoms with van der Waals surface area (Å²) in [7, 11) is -1.36. The molecule has 7 nitrogen and oxygen atoms in total. The quantitative estimate of drug-likeness (QED) is 0.572. The minimum absolute atomic E-state index is 0.0341. The van der Waals surface area contributed by atoms with E-state index in [4.69, 9.17) is 4.74 Å². The lowest BCUT2D eigenvalue weighted by molar-refractivity contribution is 0.127. The average molecular weight is 427 g/mol. The van der Waals surface area contributed by atoms with Crippen LogP contribution in [0.15, 0.2) is 11.4 Å². The lowest BCUT2D eigenvalue weighted by atomic mass is 10.1. The molecule has 1 aromatic heterocycles. The summed E-state index contributed by atoms with van der Waals surface area (Å²) in [6, 6.07) is 0. The first-order valence-electron chi connectivity index (χ1n) is 11.1. The third-order valence-electron chi connectivity index (χ3n) is 5.84. The van der Waals surface area contributed by atoms with E-state index in [1.807, 2.05) is 4.57 Å². The second-order valence-electron chi connectivity index (χ2n) is 9.09. The van der Waals surface area contributed by atoms with Gasteiger partial charge < -0.3 is 14.2 Å². The molecule has 3 heterocycles. The van der Waals surface area contributed by atoms with Gasteiger partial charge in [0.05, 0.1) is 23.7 Å². The summed E-state index contributed by atoms with van der Waals surface area (Å²) < 4.78 is 33.6. The number of imidazole rings is 1. The number of piperidine rings is 1. The van der Waals surface area contributed by atoms with Gasteiger partial charge in [-0.2, -0.15) is 0 Å². The Hall–Kier alpha value is -0.960. The van der Waals surface area contributed by atoms with Crippen LogP contribution in [0.3, 0.4) is 0 Å². The SMILES string of the molecule is CC(C)Cn1c(CN(C)CCN2CCCCC2)cnc1S(=O)(=O)CC1CCCO1. The van der Waals surface area contributed by atoms with Crippen molar-refractivity contribution in [2.24, 2.45) is 5.92 Å². The maximum absolute atomic E-state index is 13.0. The summed E-state index contributed by atoms with van der Waals surface area (Å²) in [6.07, 6.45) is 7.27. The van der Waals surface area contributed by atoms with Crippen LogP contribution in [-0.4, -0.2) is 79.5 Å². The third kappa shape index (κ3) is 6.51. The predicted octanol–water partition coefficient (Wildman–Crippen LogP) is 2.41. The fraction of sp³-hybridized carbons (Fsp3) is 0.857. The summed E-state index contributed by atoms with van der Waals surface area (Å²) in [4.78, 5) is 9.18. The molecule has 166 valence electrons. The van der Waals surface area contributed by atoms with Crippen molar-refractivity contribution in [1.82, 2.24) is 19.4 Å². The largest absolute Gasteiger partial charge is 0.377 e. The van der Waals surface area contributed by atoms with Crippen molar-refractivity contribution in [3.05, 3.63) is 11.9 Å². The first-order valence-corrected chi connectivity index (χ1v) is 12.8. The van der Waals surface area contributed by atoms with Gasteiger partial charge in [-0.3, -0.25) is 4.90 Å². The Morgan fingerprint density at radius 2 is 2.00 bits per heavy atom. The van der Waals surface area contributed by atoms with Crippen LogP contribution in [0.5, 0.6) is 0 Å². The van der Waals surface area contributed by atoms with Crippen LogP contribution in [0.4, 0.5) is 0 Å². The molecule has 29 heavy (non-hydrogen) atoms. The zero-order valence-electron chi connectivity index (χ0n) is 18.3.